The lowest BCUT2D eigenvalue weighted by Crippen LogP contribution is -2.30. The summed E-state index contributed by atoms with van der Waals surface area (Å²) in [7, 11) is 0. The molecule has 0 aliphatic heterocycles. The van der Waals surface area contributed by atoms with Crippen LogP contribution in [0.1, 0.15) is 44.7 Å². The maximum atomic E-state index is 11.0. The van der Waals surface area contributed by atoms with Crippen LogP contribution in [0.5, 0.6) is 5.75 Å². The van der Waals surface area contributed by atoms with E-state index in [2.05, 4.69) is 19.9 Å². The molecular formula is C15H22O3. The maximum absolute atomic E-state index is 11.0. The van der Waals surface area contributed by atoms with Gasteiger partial charge in [-0.2, -0.15) is 0 Å². The lowest BCUT2D eigenvalue weighted by molar-refractivity contribution is -0.148. The summed E-state index contributed by atoms with van der Waals surface area (Å²) >= 11 is 0. The van der Waals surface area contributed by atoms with Crippen LogP contribution in [-0.2, 0) is 4.79 Å². The van der Waals surface area contributed by atoms with E-state index in [1.54, 1.807) is 13.8 Å². The molecule has 0 amide bonds. The Morgan fingerprint density at radius 3 is 2.50 bits per heavy atom. The molecule has 0 spiro atoms. The third-order valence-corrected chi connectivity index (χ3v) is 3.05. The average Bonchev–Trinajstić information content (AvgIpc) is 2.27. The van der Waals surface area contributed by atoms with Crippen LogP contribution in [0.15, 0.2) is 18.2 Å². The van der Waals surface area contributed by atoms with Crippen molar-refractivity contribution in [2.45, 2.75) is 40.5 Å². The van der Waals surface area contributed by atoms with E-state index in [0.717, 1.165) is 11.3 Å². The summed E-state index contributed by atoms with van der Waals surface area (Å²) in [6.45, 7) is 9.71. The van der Waals surface area contributed by atoms with Gasteiger partial charge in [0.2, 0.25) is 0 Å². The van der Waals surface area contributed by atoms with Crippen molar-refractivity contribution in [2.75, 3.05) is 6.61 Å². The summed E-state index contributed by atoms with van der Waals surface area (Å²) in [4.78, 5) is 11.0. The maximum Gasteiger partial charge on any atom is 0.312 e. The Labute approximate surface area is 109 Å². The highest BCUT2D eigenvalue weighted by Crippen LogP contribution is 2.26. The molecule has 1 aromatic carbocycles. The SMILES string of the molecule is Cc1ccc(C(C)C)cc1OCC(C)(C)C(=O)O. The molecule has 100 valence electrons. The molecule has 0 atom stereocenters. The minimum Gasteiger partial charge on any atom is -0.492 e. The van der Waals surface area contributed by atoms with E-state index < -0.39 is 11.4 Å². The number of benzene rings is 1. The van der Waals surface area contributed by atoms with Crippen LogP contribution in [0.4, 0.5) is 0 Å². The number of carboxylic acids is 1. The van der Waals surface area contributed by atoms with E-state index in [-0.39, 0.29) is 6.61 Å². The third kappa shape index (κ3) is 3.49. The summed E-state index contributed by atoms with van der Waals surface area (Å²) in [6.07, 6.45) is 0. The summed E-state index contributed by atoms with van der Waals surface area (Å²) < 4.78 is 5.67. The Kier molecular flexibility index (Phi) is 4.38. The summed E-state index contributed by atoms with van der Waals surface area (Å²) in [5.74, 6) is 0.358. The van der Waals surface area contributed by atoms with Crippen molar-refractivity contribution in [2.24, 2.45) is 5.41 Å². The summed E-state index contributed by atoms with van der Waals surface area (Å²) in [5.41, 5.74) is 1.35. The van der Waals surface area contributed by atoms with Crippen LogP contribution in [0.3, 0.4) is 0 Å². The van der Waals surface area contributed by atoms with Gasteiger partial charge in [0, 0.05) is 0 Å². The first-order chi connectivity index (χ1) is 8.24. The number of hydrogen-bond donors (Lipinski definition) is 1. The molecule has 1 N–H and O–H groups in total. The molecule has 0 saturated heterocycles. The van der Waals surface area contributed by atoms with Crippen molar-refractivity contribution in [3.63, 3.8) is 0 Å². The molecular weight excluding hydrogens is 228 g/mol. The highest BCUT2D eigenvalue weighted by atomic mass is 16.5. The Hall–Kier alpha value is -1.51. The lowest BCUT2D eigenvalue weighted by atomic mass is 9.95. The minimum absolute atomic E-state index is 0.171. The zero-order valence-corrected chi connectivity index (χ0v) is 11.8. The van der Waals surface area contributed by atoms with Crippen LogP contribution in [0.2, 0.25) is 0 Å². The van der Waals surface area contributed by atoms with Gasteiger partial charge < -0.3 is 9.84 Å². The monoisotopic (exact) mass is 250 g/mol. The van der Waals surface area contributed by atoms with Gasteiger partial charge in [-0.25, -0.2) is 0 Å². The fraction of sp³-hybridized carbons (Fsp3) is 0.533. The van der Waals surface area contributed by atoms with E-state index in [9.17, 15) is 4.79 Å². The molecule has 0 heterocycles. The molecule has 0 radical (unpaired) electrons. The van der Waals surface area contributed by atoms with Gasteiger partial charge in [-0.05, 0) is 43.9 Å². The smallest absolute Gasteiger partial charge is 0.312 e. The Morgan fingerprint density at radius 2 is 2.00 bits per heavy atom. The average molecular weight is 250 g/mol. The number of aliphatic carboxylic acids is 1. The van der Waals surface area contributed by atoms with Crippen molar-refractivity contribution in [1.29, 1.82) is 0 Å². The largest absolute Gasteiger partial charge is 0.492 e. The van der Waals surface area contributed by atoms with Gasteiger partial charge in [-0.15, -0.1) is 0 Å². The van der Waals surface area contributed by atoms with Crippen molar-refractivity contribution >= 4 is 5.97 Å². The highest BCUT2D eigenvalue weighted by molar-refractivity contribution is 5.73. The standard InChI is InChI=1S/C15H22O3/c1-10(2)12-7-6-11(3)13(8-12)18-9-15(4,5)14(16)17/h6-8,10H,9H2,1-5H3,(H,16,17). The molecule has 1 aromatic rings. The van der Waals surface area contributed by atoms with Gasteiger partial charge in [0.05, 0.1) is 5.41 Å². The number of ether oxygens (including phenoxy) is 1. The molecule has 0 aromatic heterocycles. The first-order valence-corrected chi connectivity index (χ1v) is 6.21. The van der Waals surface area contributed by atoms with Crippen LogP contribution in [0.25, 0.3) is 0 Å². The van der Waals surface area contributed by atoms with Crippen LogP contribution >= 0.6 is 0 Å². The molecule has 0 fully saturated rings. The molecule has 3 nitrogen and oxygen atoms in total. The van der Waals surface area contributed by atoms with Gasteiger partial charge in [-0.1, -0.05) is 26.0 Å². The Balaban J connectivity index is 2.84. The van der Waals surface area contributed by atoms with Gasteiger partial charge in [0.15, 0.2) is 0 Å². The van der Waals surface area contributed by atoms with Gasteiger partial charge >= 0.3 is 5.97 Å². The topological polar surface area (TPSA) is 46.5 Å². The quantitative estimate of drug-likeness (QED) is 0.868. The first-order valence-electron chi connectivity index (χ1n) is 6.21. The number of carboxylic acid groups (broad SMARTS) is 1. The molecule has 0 unspecified atom stereocenters. The molecule has 18 heavy (non-hydrogen) atoms. The summed E-state index contributed by atoms with van der Waals surface area (Å²) in [6, 6.07) is 6.09. The van der Waals surface area contributed by atoms with Crippen LogP contribution in [0, 0.1) is 12.3 Å². The van der Waals surface area contributed by atoms with Crippen molar-refractivity contribution in [3.8, 4) is 5.75 Å². The van der Waals surface area contributed by atoms with E-state index in [4.69, 9.17) is 9.84 Å². The van der Waals surface area contributed by atoms with Gasteiger partial charge in [0.25, 0.3) is 0 Å². The molecule has 1 rings (SSSR count). The number of carbonyl (C=O) groups is 1. The van der Waals surface area contributed by atoms with Gasteiger partial charge in [-0.3, -0.25) is 4.79 Å². The lowest BCUT2D eigenvalue weighted by Gasteiger charge is -2.21. The fourth-order valence-electron chi connectivity index (χ4n) is 1.45. The molecule has 0 saturated carbocycles. The minimum atomic E-state index is -0.875. The number of rotatable bonds is 5. The van der Waals surface area contributed by atoms with E-state index in [1.807, 2.05) is 19.1 Å². The summed E-state index contributed by atoms with van der Waals surface area (Å²) in [5, 5.41) is 9.05. The van der Waals surface area contributed by atoms with Gasteiger partial charge in [0.1, 0.15) is 12.4 Å². The van der Waals surface area contributed by atoms with Crippen molar-refractivity contribution < 1.29 is 14.6 Å². The number of hydrogen-bond acceptors (Lipinski definition) is 2. The molecule has 0 aliphatic carbocycles. The Bertz CT molecular complexity index is 433. The third-order valence-electron chi connectivity index (χ3n) is 3.05. The molecule has 3 heteroatoms. The highest BCUT2D eigenvalue weighted by Gasteiger charge is 2.28. The molecule has 0 aliphatic rings. The zero-order valence-electron chi connectivity index (χ0n) is 11.8. The first kappa shape index (κ1) is 14.6. The van der Waals surface area contributed by atoms with Crippen LogP contribution in [-0.4, -0.2) is 17.7 Å². The predicted octanol–water partition coefficient (Wildman–Crippen LogP) is 3.61. The second-order valence-corrected chi connectivity index (χ2v) is 5.66. The van der Waals surface area contributed by atoms with E-state index >= 15 is 0 Å². The fourth-order valence-corrected chi connectivity index (χ4v) is 1.45. The van der Waals surface area contributed by atoms with Crippen molar-refractivity contribution in [1.82, 2.24) is 0 Å². The van der Waals surface area contributed by atoms with Crippen LogP contribution < -0.4 is 4.74 Å². The number of aryl methyl sites for hydroxylation is 1. The Morgan fingerprint density at radius 1 is 1.39 bits per heavy atom. The second-order valence-electron chi connectivity index (χ2n) is 5.66. The normalized spacial score (nSPS) is 11.7. The van der Waals surface area contributed by atoms with E-state index in [1.165, 1.54) is 5.56 Å². The van der Waals surface area contributed by atoms with Crippen molar-refractivity contribution in [3.05, 3.63) is 29.3 Å². The molecule has 0 bridgehead atoms. The second kappa shape index (κ2) is 5.42. The van der Waals surface area contributed by atoms with E-state index in [0.29, 0.717) is 5.92 Å². The zero-order chi connectivity index (χ0) is 13.9. The predicted molar refractivity (Wildman–Crippen MR) is 72.2 cm³/mol.